The molecule has 4 rings (SSSR count). The second-order valence-electron chi connectivity index (χ2n) is 6.61. The average Bonchev–Trinajstić information content (AvgIpc) is 2.65. The van der Waals surface area contributed by atoms with E-state index in [1.54, 1.807) is 4.90 Å². The maximum atomic E-state index is 13.0. The minimum atomic E-state index is -0.412. The molecule has 0 aromatic heterocycles. The van der Waals surface area contributed by atoms with Crippen LogP contribution in [0.1, 0.15) is 11.1 Å². The quantitative estimate of drug-likeness (QED) is 0.650. The number of likely N-dealkylation sites (N-methyl/N-ethyl adjacent to an activating group) is 1. The van der Waals surface area contributed by atoms with Crippen LogP contribution >= 0.6 is 11.6 Å². The molecule has 0 bridgehead atoms. The van der Waals surface area contributed by atoms with Gasteiger partial charge in [-0.15, -0.1) is 0 Å². The summed E-state index contributed by atoms with van der Waals surface area (Å²) in [7, 11) is 1.81. The molecule has 1 amide bonds. The maximum Gasteiger partial charge on any atom is 0.251 e. The smallest absolute Gasteiger partial charge is 0.251 e. The molecule has 0 fully saturated rings. The molecule has 4 heteroatoms. The number of carbonyl (C=O) groups is 1. The van der Waals surface area contributed by atoms with Crippen molar-refractivity contribution in [2.24, 2.45) is 4.99 Å². The minimum Gasteiger partial charge on any atom is -0.313 e. The van der Waals surface area contributed by atoms with Crippen LogP contribution in [0.2, 0.25) is 5.02 Å². The van der Waals surface area contributed by atoms with Gasteiger partial charge < -0.3 is 4.90 Å². The summed E-state index contributed by atoms with van der Waals surface area (Å²) in [5.74, 6) is -0.00215. The molecule has 3 nitrogen and oxygen atoms in total. The highest BCUT2D eigenvalue weighted by atomic mass is 35.5. The summed E-state index contributed by atoms with van der Waals surface area (Å²) in [6, 6.07) is 19.8. The van der Waals surface area contributed by atoms with Crippen molar-refractivity contribution in [1.29, 1.82) is 0 Å². The average molecular weight is 363 g/mol. The van der Waals surface area contributed by atoms with Crippen molar-refractivity contribution in [1.82, 2.24) is 0 Å². The molecule has 1 heterocycles. The summed E-state index contributed by atoms with van der Waals surface area (Å²) < 4.78 is 0. The first-order valence-corrected chi connectivity index (χ1v) is 9.05. The number of hydrogen-bond donors (Lipinski definition) is 0. The van der Waals surface area contributed by atoms with Gasteiger partial charge in [0.2, 0.25) is 0 Å². The molecule has 0 radical (unpaired) electrons. The third-order valence-corrected chi connectivity index (χ3v) is 5.09. The number of anilines is 1. The van der Waals surface area contributed by atoms with E-state index in [4.69, 9.17) is 11.6 Å². The Labute approximate surface area is 157 Å². The summed E-state index contributed by atoms with van der Waals surface area (Å²) >= 11 is 6.09. The highest BCUT2D eigenvalue weighted by molar-refractivity contribution is 6.30. The van der Waals surface area contributed by atoms with Gasteiger partial charge in [-0.2, -0.15) is 0 Å². The summed E-state index contributed by atoms with van der Waals surface area (Å²) in [6.45, 7) is 0. The van der Waals surface area contributed by atoms with E-state index in [1.807, 2.05) is 43.6 Å². The fourth-order valence-corrected chi connectivity index (χ4v) is 3.65. The van der Waals surface area contributed by atoms with Crippen molar-refractivity contribution in [3.63, 3.8) is 0 Å². The summed E-state index contributed by atoms with van der Waals surface area (Å²) in [4.78, 5) is 19.3. The second-order valence-corrected chi connectivity index (χ2v) is 7.04. The van der Waals surface area contributed by atoms with E-state index in [2.05, 4.69) is 35.3 Å². The number of hydrogen-bond acceptors (Lipinski definition) is 2. The number of carbonyl (C=O) groups excluding carboxylic acids is 1. The van der Waals surface area contributed by atoms with E-state index in [9.17, 15) is 4.79 Å². The molecule has 1 atom stereocenters. The van der Waals surface area contributed by atoms with Gasteiger partial charge in [0.25, 0.3) is 5.91 Å². The standard InChI is InChI=1S/C22H19ClN2O/c1-25-21-9-8-19(23)14-18(21)10-11-24-20(22(25)26)13-15-6-7-16-4-2-3-5-17(16)12-15/h2-9,11-12,14,20H,10,13H2,1H3. The molecule has 0 saturated carbocycles. The molecule has 3 aromatic rings. The summed E-state index contributed by atoms with van der Waals surface area (Å²) in [5.41, 5.74) is 3.03. The second kappa shape index (κ2) is 6.93. The van der Waals surface area contributed by atoms with Crippen molar-refractivity contribution in [2.75, 3.05) is 11.9 Å². The van der Waals surface area contributed by atoms with Crippen LogP contribution in [-0.4, -0.2) is 25.2 Å². The molecule has 0 spiro atoms. The van der Waals surface area contributed by atoms with Crippen LogP contribution in [0, 0.1) is 0 Å². The first-order chi connectivity index (χ1) is 12.6. The van der Waals surface area contributed by atoms with Gasteiger partial charge in [0, 0.05) is 36.8 Å². The lowest BCUT2D eigenvalue weighted by Crippen LogP contribution is -2.38. The van der Waals surface area contributed by atoms with E-state index in [0.717, 1.165) is 16.8 Å². The van der Waals surface area contributed by atoms with E-state index in [0.29, 0.717) is 17.9 Å². The van der Waals surface area contributed by atoms with Crippen molar-refractivity contribution in [3.05, 3.63) is 76.8 Å². The minimum absolute atomic E-state index is 0.00215. The lowest BCUT2D eigenvalue weighted by Gasteiger charge is -2.26. The number of rotatable bonds is 2. The SMILES string of the molecule is CN1C(=O)C(Cc2ccc3ccccc3c2)N=CCc2cc(Cl)ccc21. The topological polar surface area (TPSA) is 32.7 Å². The molecule has 1 aliphatic rings. The molecular formula is C22H19ClN2O. The molecular weight excluding hydrogens is 344 g/mol. The zero-order valence-electron chi connectivity index (χ0n) is 14.5. The lowest BCUT2D eigenvalue weighted by atomic mass is 10.00. The fraction of sp³-hybridized carbons (Fsp3) is 0.182. The summed E-state index contributed by atoms with van der Waals surface area (Å²) in [6.07, 6.45) is 3.10. The van der Waals surface area contributed by atoms with Gasteiger partial charge in [0.15, 0.2) is 0 Å². The Hall–Kier alpha value is -2.65. The molecule has 1 unspecified atom stereocenters. The fourth-order valence-electron chi connectivity index (χ4n) is 3.46. The number of fused-ring (bicyclic) bond motifs is 2. The Morgan fingerprint density at radius 3 is 2.73 bits per heavy atom. The van der Waals surface area contributed by atoms with E-state index in [1.165, 1.54) is 10.8 Å². The largest absolute Gasteiger partial charge is 0.313 e. The number of aliphatic imine (C=N–C) groups is 1. The zero-order chi connectivity index (χ0) is 18.1. The number of amides is 1. The Kier molecular flexibility index (Phi) is 4.48. The zero-order valence-corrected chi connectivity index (χ0v) is 15.3. The third-order valence-electron chi connectivity index (χ3n) is 4.86. The summed E-state index contributed by atoms with van der Waals surface area (Å²) in [5, 5.41) is 3.05. The van der Waals surface area contributed by atoms with Gasteiger partial charge in [0.1, 0.15) is 6.04 Å². The highest BCUT2D eigenvalue weighted by Crippen LogP contribution is 2.27. The molecule has 0 N–H and O–H groups in total. The normalized spacial score (nSPS) is 17.1. The van der Waals surface area contributed by atoms with Gasteiger partial charge >= 0.3 is 0 Å². The van der Waals surface area contributed by atoms with Crippen molar-refractivity contribution < 1.29 is 4.79 Å². The number of nitrogens with zero attached hydrogens (tertiary/aromatic N) is 2. The van der Waals surface area contributed by atoms with Crippen LogP contribution in [0.5, 0.6) is 0 Å². The first-order valence-electron chi connectivity index (χ1n) is 8.67. The van der Waals surface area contributed by atoms with Gasteiger partial charge in [0.05, 0.1) is 0 Å². The van der Waals surface area contributed by atoms with Crippen LogP contribution < -0.4 is 4.90 Å². The Bertz CT molecular complexity index is 1010. The van der Waals surface area contributed by atoms with Crippen LogP contribution in [0.4, 0.5) is 5.69 Å². The lowest BCUT2D eigenvalue weighted by molar-refractivity contribution is -0.119. The van der Waals surface area contributed by atoms with Gasteiger partial charge in [-0.3, -0.25) is 9.79 Å². The van der Waals surface area contributed by atoms with Crippen molar-refractivity contribution in [3.8, 4) is 0 Å². The monoisotopic (exact) mass is 362 g/mol. The predicted octanol–water partition coefficient (Wildman–Crippen LogP) is 4.69. The first kappa shape index (κ1) is 16.8. The van der Waals surface area contributed by atoms with Gasteiger partial charge in [-0.1, -0.05) is 54.1 Å². The molecule has 3 aromatic carbocycles. The molecule has 1 aliphatic heterocycles. The highest BCUT2D eigenvalue weighted by Gasteiger charge is 2.25. The van der Waals surface area contributed by atoms with Gasteiger partial charge in [-0.25, -0.2) is 0 Å². The third kappa shape index (κ3) is 3.23. The molecule has 0 aliphatic carbocycles. The number of halogens is 1. The Balaban J connectivity index is 1.63. The number of benzene rings is 3. The van der Waals surface area contributed by atoms with Crippen molar-refractivity contribution in [2.45, 2.75) is 18.9 Å². The Morgan fingerprint density at radius 1 is 1.08 bits per heavy atom. The van der Waals surface area contributed by atoms with E-state index < -0.39 is 6.04 Å². The van der Waals surface area contributed by atoms with Crippen LogP contribution in [0.15, 0.2) is 65.7 Å². The van der Waals surface area contributed by atoms with Gasteiger partial charge in [-0.05, 0) is 40.1 Å². The van der Waals surface area contributed by atoms with E-state index >= 15 is 0 Å². The van der Waals surface area contributed by atoms with Crippen LogP contribution in [0.25, 0.3) is 10.8 Å². The Morgan fingerprint density at radius 2 is 1.88 bits per heavy atom. The van der Waals surface area contributed by atoms with Crippen LogP contribution in [-0.2, 0) is 17.6 Å². The molecule has 130 valence electrons. The molecule has 0 saturated heterocycles. The van der Waals surface area contributed by atoms with E-state index in [-0.39, 0.29) is 5.91 Å². The maximum absolute atomic E-state index is 13.0. The van der Waals surface area contributed by atoms with Crippen molar-refractivity contribution >= 4 is 40.2 Å². The van der Waals surface area contributed by atoms with Crippen LogP contribution in [0.3, 0.4) is 0 Å². The molecule has 26 heavy (non-hydrogen) atoms. The predicted molar refractivity (Wildman–Crippen MR) is 108 cm³/mol.